The molecule has 1 aromatic carbocycles. The van der Waals surface area contributed by atoms with E-state index in [9.17, 15) is 10.0 Å². The molecule has 1 aliphatic rings. The topological polar surface area (TPSA) is 52.5 Å². The largest absolute Gasteiger partial charge is 0.490 e. The van der Waals surface area contributed by atoms with E-state index in [1.807, 2.05) is 13.0 Å². The smallest absolute Gasteiger partial charge is 0.423 e. The predicted octanol–water partition coefficient (Wildman–Crippen LogP) is 0.0329. The molecule has 0 radical (unpaired) electrons. The zero-order valence-corrected chi connectivity index (χ0v) is 8.25. The Morgan fingerprint density at radius 3 is 2.86 bits per heavy atom. The highest BCUT2D eigenvalue weighted by Gasteiger charge is 2.20. The highest BCUT2D eigenvalue weighted by atomic mass is 16.4. The molecule has 1 aromatic rings. The van der Waals surface area contributed by atoms with Crippen LogP contribution in [0.5, 0.6) is 0 Å². The van der Waals surface area contributed by atoms with Gasteiger partial charge in [-0.3, -0.25) is 0 Å². The van der Waals surface area contributed by atoms with Crippen molar-refractivity contribution in [2.45, 2.75) is 19.8 Å². The molecule has 74 valence electrons. The number of rotatable bonds is 1. The van der Waals surface area contributed by atoms with Gasteiger partial charge in [0.1, 0.15) is 0 Å². The van der Waals surface area contributed by atoms with Gasteiger partial charge < -0.3 is 15.4 Å². The van der Waals surface area contributed by atoms with Crippen LogP contribution >= 0.6 is 0 Å². The second-order valence-electron chi connectivity index (χ2n) is 3.79. The van der Waals surface area contributed by atoms with E-state index in [0.717, 1.165) is 30.6 Å². The first kappa shape index (κ1) is 9.56. The Labute approximate surface area is 83.9 Å². The minimum atomic E-state index is -1.38. The second kappa shape index (κ2) is 3.63. The molecule has 0 bridgehead atoms. The third kappa shape index (κ3) is 1.63. The molecule has 0 saturated heterocycles. The number of aryl methyl sites for hydroxylation is 2. The van der Waals surface area contributed by atoms with Gasteiger partial charge in [-0.1, -0.05) is 17.7 Å². The van der Waals surface area contributed by atoms with Gasteiger partial charge in [-0.25, -0.2) is 0 Å². The Morgan fingerprint density at radius 1 is 1.36 bits per heavy atom. The predicted molar refractivity (Wildman–Crippen MR) is 57.8 cm³/mol. The maximum absolute atomic E-state index is 9.22. The van der Waals surface area contributed by atoms with Gasteiger partial charge in [-0.2, -0.15) is 0 Å². The van der Waals surface area contributed by atoms with E-state index >= 15 is 0 Å². The molecular formula is C10H14BNO2. The molecule has 2 rings (SSSR count). The summed E-state index contributed by atoms with van der Waals surface area (Å²) in [6.07, 6.45) is 2.13. The summed E-state index contributed by atoms with van der Waals surface area (Å²) >= 11 is 0. The van der Waals surface area contributed by atoms with Gasteiger partial charge in [0.05, 0.1) is 0 Å². The molecule has 0 saturated carbocycles. The van der Waals surface area contributed by atoms with Crippen LogP contribution in [0.4, 0.5) is 5.69 Å². The van der Waals surface area contributed by atoms with Crippen molar-refractivity contribution in [3.05, 3.63) is 23.3 Å². The lowest BCUT2D eigenvalue weighted by Crippen LogP contribution is -2.35. The van der Waals surface area contributed by atoms with E-state index in [0.29, 0.717) is 5.46 Å². The molecule has 1 aliphatic heterocycles. The molecule has 1 heterocycles. The van der Waals surface area contributed by atoms with Gasteiger partial charge in [0.15, 0.2) is 0 Å². The first-order valence-electron chi connectivity index (χ1n) is 4.92. The van der Waals surface area contributed by atoms with Crippen molar-refractivity contribution < 1.29 is 10.0 Å². The van der Waals surface area contributed by atoms with Crippen LogP contribution in [0, 0.1) is 6.92 Å². The van der Waals surface area contributed by atoms with E-state index in [-0.39, 0.29) is 0 Å². The zero-order valence-electron chi connectivity index (χ0n) is 8.25. The van der Waals surface area contributed by atoms with Crippen molar-refractivity contribution >= 4 is 18.3 Å². The van der Waals surface area contributed by atoms with Gasteiger partial charge in [-0.05, 0) is 25.3 Å². The monoisotopic (exact) mass is 191 g/mol. The normalized spacial score (nSPS) is 14.5. The molecule has 0 fully saturated rings. The van der Waals surface area contributed by atoms with E-state index in [1.54, 1.807) is 0 Å². The van der Waals surface area contributed by atoms with Crippen LogP contribution in [0.1, 0.15) is 17.5 Å². The van der Waals surface area contributed by atoms with E-state index in [4.69, 9.17) is 0 Å². The molecule has 14 heavy (non-hydrogen) atoms. The van der Waals surface area contributed by atoms with Crippen molar-refractivity contribution in [1.29, 1.82) is 0 Å². The minimum absolute atomic E-state index is 0.597. The van der Waals surface area contributed by atoms with Crippen molar-refractivity contribution in [3.8, 4) is 0 Å². The summed E-state index contributed by atoms with van der Waals surface area (Å²) in [5.74, 6) is 0. The van der Waals surface area contributed by atoms with Gasteiger partial charge in [-0.15, -0.1) is 0 Å². The van der Waals surface area contributed by atoms with E-state index in [1.165, 1.54) is 5.56 Å². The molecule has 0 atom stereocenters. The molecule has 0 aromatic heterocycles. The molecule has 4 heteroatoms. The summed E-state index contributed by atoms with van der Waals surface area (Å²) in [6.45, 7) is 2.89. The SMILES string of the molecule is Cc1cc2c(c(B(O)O)c1)NCCC2. The Bertz CT molecular complexity index is 352. The molecule has 3 nitrogen and oxygen atoms in total. The molecule has 0 aliphatic carbocycles. The Kier molecular flexibility index (Phi) is 2.48. The van der Waals surface area contributed by atoms with E-state index < -0.39 is 7.12 Å². The molecule has 3 N–H and O–H groups in total. The average Bonchev–Trinajstić information content (AvgIpc) is 2.16. The lowest BCUT2D eigenvalue weighted by atomic mass is 9.76. The summed E-state index contributed by atoms with van der Waals surface area (Å²) in [7, 11) is -1.38. The van der Waals surface area contributed by atoms with Crippen LogP contribution in [-0.2, 0) is 6.42 Å². The summed E-state index contributed by atoms with van der Waals surface area (Å²) in [5, 5.41) is 21.7. The van der Waals surface area contributed by atoms with Crippen molar-refractivity contribution in [2.24, 2.45) is 0 Å². The van der Waals surface area contributed by atoms with Crippen molar-refractivity contribution in [2.75, 3.05) is 11.9 Å². The standard InChI is InChI=1S/C10H14BNO2/c1-7-5-8-3-2-4-12-10(8)9(6-7)11(13)14/h5-6,12-14H,2-4H2,1H3. The Hall–Kier alpha value is -0.995. The van der Waals surface area contributed by atoms with Crippen LogP contribution in [0.25, 0.3) is 0 Å². The lowest BCUT2D eigenvalue weighted by Gasteiger charge is -2.21. The first-order chi connectivity index (χ1) is 6.68. The zero-order chi connectivity index (χ0) is 10.1. The number of nitrogens with one attached hydrogen (secondary N) is 1. The Balaban J connectivity index is 2.52. The second-order valence-corrected chi connectivity index (χ2v) is 3.79. The minimum Gasteiger partial charge on any atom is -0.423 e. The highest BCUT2D eigenvalue weighted by Crippen LogP contribution is 2.21. The number of fused-ring (bicyclic) bond motifs is 1. The van der Waals surface area contributed by atoms with Crippen LogP contribution in [-0.4, -0.2) is 23.7 Å². The fourth-order valence-electron chi connectivity index (χ4n) is 2.00. The van der Waals surface area contributed by atoms with Crippen LogP contribution in [0.3, 0.4) is 0 Å². The third-order valence-corrected chi connectivity index (χ3v) is 2.60. The van der Waals surface area contributed by atoms with Crippen molar-refractivity contribution in [1.82, 2.24) is 0 Å². The summed E-state index contributed by atoms with van der Waals surface area (Å²) in [6, 6.07) is 3.93. The fourth-order valence-corrected chi connectivity index (χ4v) is 2.00. The number of benzene rings is 1. The summed E-state index contributed by atoms with van der Waals surface area (Å²) < 4.78 is 0. The van der Waals surface area contributed by atoms with Crippen LogP contribution in [0.15, 0.2) is 12.1 Å². The maximum Gasteiger partial charge on any atom is 0.490 e. The van der Waals surface area contributed by atoms with E-state index in [2.05, 4.69) is 11.4 Å². The molecular weight excluding hydrogens is 177 g/mol. The number of hydrogen-bond acceptors (Lipinski definition) is 3. The average molecular weight is 191 g/mol. The number of anilines is 1. The van der Waals surface area contributed by atoms with Crippen LogP contribution < -0.4 is 10.8 Å². The van der Waals surface area contributed by atoms with Gasteiger partial charge in [0, 0.05) is 17.7 Å². The van der Waals surface area contributed by atoms with Gasteiger partial charge in [0.25, 0.3) is 0 Å². The third-order valence-electron chi connectivity index (χ3n) is 2.60. The maximum atomic E-state index is 9.22. The first-order valence-corrected chi connectivity index (χ1v) is 4.92. The summed E-state index contributed by atoms with van der Waals surface area (Å²) in [5.41, 5.74) is 3.78. The molecule has 0 unspecified atom stereocenters. The van der Waals surface area contributed by atoms with Gasteiger partial charge >= 0.3 is 7.12 Å². The quantitative estimate of drug-likeness (QED) is 0.549. The van der Waals surface area contributed by atoms with Crippen molar-refractivity contribution in [3.63, 3.8) is 0 Å². The Morgan fingerprint density at radius 2 is 2.14 bits per heavy atom. The number of hydrogen-bond donors (Lipinski definition) is 3. The molecule has 0 amide bonds. The van der Waals surface area contributed by atoms with Crippen LogP contribution in [0.2, 0.25) is 0 Å². The van der Waals surface area contributed by atoms with Gasteiger partial charge in [0.2, 0.25) is 0 Å². The fraction of sp³-hybridized carbons (Fsp3) is 0.400. The lowest BCUT2D eigenvalue weighted by molar-refractivity contribution is 0.426. The molecule has 0 spiro atoms. The highest BCUT2D eigenvalue weighted by molar-refractivity contribution is 6.60. The summed E-state index contributed by atoms with van der Waals surface area (Å²) in [4.78, 5) is 0.